The van der Waals surface area contributed by atoms with Gasteiger partial charge in [0.15, 0.2) is 0 Å². The van der Waals surface area contributed by atoms with Gasteiger partial charge >= 0.3 is 0 Å². The molecule has 0 radical (unpaired) electrons. The predicted octanol–water partition coefficient (Wildman–Crippen LogP) is 4.62. The number of halogens is 2. The van der Waals surface area contributed by atoms with Crippen LogP contribution in [0.5, 0.6) is 0 Å². The summed E-state index contributed by atoms with van der Waals surface area (Å²) in [6.45, 7) is 5.54. The van der Waals surface area contributed by atoms with Gasteiger partial charge in [-0.1, -0.05) is 35.3 Å². The summed E-state index contributed by atoms with van der Waals surface area (Å²) in [5.74, 6) is 0.185. The summed E-state index contributed by atoms with van der Waals surface area (Å²) in [6.07, 6.45) is 3.20. The summed E-state index contributed by atoms with van der Waals surface area (Å²) in [5.41, 5.74) is 3.36. The Morgan fingerprint density at radius 3 is 2.19 bits per heavy atom. The van der Waals surface area contributed by atoms with Crippen LogP contribution in [0.15, 0.2) is 36.4 Å². The number of ether oxygens (including phenoxy) is 1. The molecule has 3 aliphatic rings. The number of carbonyl (C=O) groups is 2. The first-order chi connectivity index (χ1) is 17.4. The maximum Gasteiger partial charge on any atom is 0.253 e. The zero-order valence-electron chi connectivity index (χ0n) is 20.7. The van der Waals surface area contributed by atoms with E-state index in [1.165, 1.54) is 0 Å². The number of hydrogen-bond donors (Lipinski definition) is 0. The molecule has 3 aliphatic heterocycles. The summed E-state index contributed by atoms with van der Waals surface area (Å²) in [6, 6.07) is 11.7. The molecule has 0 saturated carbocycles. The van der Waals surface area contributed by atoms with Gasteiger partial charge in [0, 0.05) is 73.5 Å². The van der Waals surface area contributed by atoms with Crippen molar-refractivity contribution >= 4 is 35.0 Å². The number of likely N-dealkylation sites (N-methyl/N-ethyl adjacent to an activating group) is 1. The lowest BCUT2D eigenvalue weighted by molar-refractivity contribution is -0.134. The lowest BCUT2D eigenvalue weighted by atomic mass is 9.95. The Morgan fingerprint density at radius 1 is 0.917 bits per heavy atom. The molecular formula is C28H33Cl2N3O3. The van der Waals surface area contributed by atoms with Crippen molar-refractivity contribution in [2.24, 2.45) is 5.92 Å². The van der Waals surface area contributed by atoms with Crippen molar-refractivity contribution < 1.29 is 14.3 Å². The molecule has 36 heavy (non-hydrogen) atoms. The highest BCUT2D eigenvalue weighted by molar-refractivity contribution is 6.36. The second-order valence-corrected chi connectivity index (χ2v) is 11.0. The highest BCUT2D eigenvalue weighted by Crippen LogP contribution is 2.36. The van der Waals surface area contributed by atoms with Crippen LogP contribution in [-0.4, -0.2) is 85.5 Å². The molecule has 2 amide bonds. The van der Waals surface area contributed by atoms with Gasteiger partial charge in [0.05, 0.1) is 0 Å². The molecule has 192 valence electrons. The minimum absolute atomic E-state index is 0.0667. The summed E-state index contributed by atoms with van der Waals surface area (Å²) in [5, 5.41) is 1.15. The lowest BCUT2D eigenvalue weighted by Crippen LogP contribution is -2.47. The van der Waals surface area contributed by atoms with E-state index >= 15 is 0 Å². The van der Waals surface area contributed by atoms with Crippen LogP contribution < -0.4 is 0 Å². The van der Waals surface area contributed by atoms with Gasteiger partial charge in [0.25, 0.3) is 5.91 Å². The number of rotatable bonds is 5. The minimum Gasteiger partial charge on any atom is -0.381 e. The topological polar surface area (TPSA) is 53.1 Å². The van der Waals surface area contributed by atoms with E-state index in [1.807, 2.05) is 46.2 Å². The van der Waals surface area contributed by atoms with E-state index in [1.54, 1.807) is 0 Å². The third-order valence-electron chi connectivity index (χ3n) is 7.83. The van der Waals surface area contributed by atoms with Crippen molar-refractivity contribution in [3.63, 3.8) is 0 Å². The molecule has 8 heteroatoms. The van der Waals surface area contributed by atoms with Crippen LogP contribution in [0.1, 0.15) is 35.2 Å². The Labute approximate surface area is 223 Å². The monoisotopic (exact) mass is 529 g/mol. The quantitative estimate of drug-likeness (QED) is 0.567. The summed E-state index contributed by atoms with van der Waals surface area (Å²) in [7, 11) is 2.08. The van der Waals surface area contributed by atoms with Crippen molar-refractivity contribution in [3.8, 4) is 11.1 Å². The molecule has 3 fully saturated rings. The molecule has 6 nitrogen and oxygen atoms in total. The first kappa shape index (κ1) is 25.5. The molecule has 2 aromatic rings. The van der Waals surface area contributed by atoms with E-state index in [2.05, 4.69) is 11.9 Å². The van der Waals surface area contributed by atoms with Crippen molar-refractivity contribution in [2.45, 2.75) is 31.7 Å². The van der Waals surface area contributed by atoms with Crippen LogP contribution in [0.2, 0.25) is 10.0 Å². The van der Waals surface area contributed by atoms with Crippen molar-refractivity contribution in [1.82, 2.24) is 14.7 Å². The van der Waals surface area contributed by atoms with Crippen molar-refractivity contribution in [2.75, 3.05) is 53.0 Å². The Balaban J connectivity index is 1.26. The average molecular weight is 530 g/mol. The zero-order chi connectivity index (χ0) is 25.2. The Bertz CT molecular complexity index is 1090. The minimum atomic E-state index is -0.0893. The molecule has 5 rings (SSSR count). The van der Waals surface area contributed by atoms with Crippen LogP contribution in [0.25, 0.3) is 11.1 Å². The second kappa shape index (κ2) is 11.1. The largest absolute Gasteiger partial charge is 0.381 e. The summed E-state index contributed by atoms with van der Waals surface area (Å²) >= 11 is 13.4. The van der Waals surface area contributed by atoms with Gasteiger partial charge in [-0.2, -0.15) is 0 Å². The molecule has 0 N–H and O–H groups in total. The van der Waals surface area contributed by atoms with Crippen LogP contribution in [0.4, 0.5) is 0 Å². The zero-order valence-corrected chi connectivity index (χ0v) is 22.2. The molecule has 3 saturated heterocycles. The Kier molecular flexibility index (Phi) is 7.87. The number of carbonyl (C=O) groups excluding carboxylic acids is 2. The highest BCUT2D eigenvalue weighted by Gasteiger charge is 2.37. The van der Waals surface area contributed by atoms with E-state index in [-0.39, 0.29) is 23.8 Å². The molecular weight excluding hydrogens is 497 g/mol. The molecule has 1 atom stereocenters. The van der Waals surface area contributed by atoms with E-state index in [9.17, 15) is 9.59 Å². The number of likely N-dealkylation sites (tertiary alicyclic amines) is 1. The fraction of sp³-hybridized carbons (Fsp3) is 0.500. The SMILES string of the molecule is CN1CCN(C(=O)c2ccc(-c3cc(Cl)c(C[C@@H]4CCN(C5CCOCC5)C4=O)c(Cl)c3)cc2)CC1. The van der Waals surface area contributed by atoms with E-state index in [4.69, 9.17) is 27.9 Å². The normalized spacial score (nSPS) is 21.9. The molecule has 3 heterocycles. The fourth-order valence-corrected chi connectivity index (χ4v) is 6.16. The summed E-state index contributed by atoms with van der Waals surface area (Å²) in [4.78, 5) is 32.1. The first-order valence-corrected chi connectivity index (χ1v) is 13.6. The van der Waals surface area contributed by atoms with Gasteiger partial charge in [-0.3, -0.25) is 9.59 Å². The maximum absolute atomic E-state index is 13.1. The van der Waals surface area contributed by atoms with Crippen molar-refractivity contribution in [3.05, 3.63) is 57.6 Å². The first-order valence-electron chi connectivity index (χ1n) is 12.8. The predicted molar refractivity (Wildman–Crippen MR) is 143 cm³/mol. The van der Waals surface area contributed by atoms with Crippen LogP contribution >= 0.6 is 23.2 Å². The molecule has 0 bridgehead atoms. The standard InChI is InChI=1S/C28H33Cl2N3O3/c1-31-10-12-32(13-11-31)27(34)20-4-2-19(3-5-20)22-17-25(29)24(26(30)18-22)16-21-6-9-33(28(21)35)23-7-14-36-15-8-23/h2-5,17-18,21,23H,6-16H2,1H3/t21-/m0/s1. The molecule has 0 aromatic heterocycles. The van der Waals surface area contributed by atoms with Gasteiger partial charge in [-0.25, -0.2) is 0 Å². The lowest BCUT2D eigenvalue weighted by Gasteiger charge is -2.32. The van der Waals surface area contributed by atoms with E-state index < -0.39 is 0 Å². The van der Waals surface area contributed by atoms with Gasteiger partial charge in [-0.05, 0) is 73.7 Å². The number of piperazine rings is 1. The highest BCUT2D eigenvalue weighted by atomic mass is 35.5. The Morgan fingerprint density at radius 2 is 1.56 bits per heavy atom. The van der Waals surface area contributed by atoms with Crippen LogP contribution in [0.3, 0.4) is 0 Å². The number of hydrogen-bond acceptors (Lipinski definition) is 4. The summed E-state index contributed by atoms with van der Waals surface area (Å²) < 4.78 is 5.45. The van der Waals surface area contributed by atoms with E-state index in [0.717, 1.165) is 81.9 Å². The van der Waals surface area contributed by atoms with Gasteiger partial charge < -0.3 is 19.4 Å². The van der Waals surface area contributed by atoms with E-state index in [0.29, 0.717) is 22.0 Å². The van der Waals surface area contributed by atoms with Gasteiger partial charge in [-0.15, -0.1) is 0 Å². The van der Waals surface area contributed by atoms with Crippen LogP contribution in [-0.2, 0) is 16.0 Å². The average Bonchev–Trinajstić information content (AvgIpc) is 3.26. The maximum atomic E-state index is 13.1. The molecule has 0 aliphatic carbocycles. The molecule has 2 aromatic carbocycles. The third kappa shape index (κ3) is 5.42. The van der Waals surface area contributed by atoms with Crippen molar-refractivity contribution in [1.29, 1.82) is 0 Å². The van der Waals surface area contributed by atoms with Gasteiger partial charge in [0.2, 0.25) is 5.91 Å². The number of benzene rings is 2. The Hall–Kier alpha value is -2.12. The van der Waals surface area contributed by atoms with Crippen LogP contribution in [0, 0.1) is 5.92 Å². The fourth-order valence-electron chi connectivity index (χ4n) is 5.52. The molecule has 0 spiro atoms. The third-order valence-corrected chi connectivity index (χ3v) is 8.50. The second-order valence-electron chi connectivity index (χ2n) is 10.2. The number of amides is 2. The number of nitrogens with zero attached hydrogens (tertiary/aromatic N) is 3. The smallest absolute Gasteiger partial charge is 0.253 e. The molecule has 0 unspecified atom stereocenters. The van der Waals surface area contributed by atoms with Gasteiger partial charge in [0.1, 0.15) is 0 Å².